The lowest BCUT2D eigenvalue weighted by Crippen LogP contribution is -2.33. The van der Waals surface area contributed by atoms with Gasteiger partial charge < -0.3 is 4.90 Å². The van der Waals surface area contributed by atoms with Crippen LogP contribution in [-0.4, -0.2) is 24.4 Å². The Morgan fingerprint density at radius 3 is 2.00 bits per heavy atom. The van der Waals surface area contributed by atoms with Crippen LogP contribution in [0.4, 0.5) is 24.5 Å². The number of likely N-dealkylation sites (N-methyl/N-ethyl adjacent to an activating group) is 1. The molecule has 0 saturated carbocycles. The second-order valence-electron chi connectivity index (χ2n) is 12.7. The predicted molar refractivity (Wildman–Crippen MR) is 174 cm³/mol. The maximum absolute atomic E-state index is 13.9. The molecule has 2 aliphatic rings. The molecule has 2 nitrogen and oxygen atoms in total. The minimum Gasteiger partial charge on any atom is -0.347 e. The van der Waals surface area contributed by atoms with Gasteiger partial charge in [-0.3, -0.25) is 0 Å². The van der Waals surface area contributed by atoms with Gasteiger partial charge in [0.1, 0.15) is 7.05 Å². The monoisotopic (exact) mass is 591 g/mol. The van der Waals surface area contributed by atoms with Crippen molar-refractivity contribution >= 4 is 17.1 Å². The molecule has 224 valence electrons. The first-order chi connectivity index (χ1) is 20.9. The normalized spacial score (nSPS) is 22.3. The lowest BCUT2D eigenvalue weighted by atomic mass is 9.74. The van der Waals surface area contributed by atoms with E-state index in [2.05, 4.69) is 93.4 Å². The Balaban J connectivity index is 1.44. The van der Waals surface area contributed by atoms with Crippen molar-refractivity contribution in [3.05, 3.63) is 154 Å². The van der Waals surface area contributed by atoms with Gasteiger partial charge in [-0.15, -0.1) is 0 Å². The van der Waals surface area contributed by atoms with Crippen LogP contribution < -0.4 is 4.90 Å². The van der Waals surface area contributed by atoms with E-state index in [-0.39, 0.29) is 5.41 Å². The first-order valence-corrected chi connectivity index (χ1v) is 15.1. The molecule has 0 N–H and O–H groups in total. The summed E-state index contributed by atoms with van der Waals surface area (Å²) in [6.45, 7) is 6.51. The van der Waals surface area contributed by atoms with Crippen LogP contribution in [0.1, 0.15) is 47.2 Å². The highest BCUT2D eigenvalue weighted by Gasteiger charge is 2.48. The van der Waals surface area contributed by atoms with E-state index in [4.69, 9.17) is 0 Å². The number of rotatable bonds is 6. The summed E-state index contributed by atoms with van der Waals surface area (Å²) in [4.78, 5) is 2.28. The largest absolute Gasteiger partial charge is 0.416 e. The standard InChI is InChI=1S/C39H38F3N2/c1-27-19-21-33-31(23-27)37(2,25-28-13-8-6-9-14-28)35(43(33)4)17-12-18-36-38(3,26-29-15-10-7-11-16-29)32-24-30(39(40,41)42)20-22-34(32)44(36)5/h6-24H,25-26H2,1-5H3/q+1. The molecule has 5 heteroatoms. The summed E-state index contributed by atoms with van der Waals surface area (Å²) in [6.07, 6.45) is 3.38. The van der Waals surface area contributed by atoms with E-state index in [9.17, 15) is 13.2 Å². The Morgan fingerprint density at radius 1 is 0.773 bits per heavy atom. The minimum absolute atomic E-state index is 0.258. The van der Waals surface area contributed by atoms with Gasteiger partial charge in [0.05, 0.1) is 11.0 Å². The summed E-state index contributed by atoms with van der Waals surface area (Å²) in [5, 5.41) is 0. The minimum atomic E-state index is -4.41. The maximum Gasteiger partial charge on any atom is 0.416 e. The molecule has 6 rings (SSSR count). The van der Waals surface area contributed by atoms with Crippen molar-refractivity contribution in [2.45, 2.75) is 50.6 Å². The van der Waals surface area contributed by atoms with Crippen LogP contribution in [0.2, 0.25) is 0 Å². The fourth-order valence-corrected chi connectivity index (χ4v) is 7.31. The number of halogens is 3. The summed E-state index contributed by atoms with van der Waals surface area (Å²) in [5.41, 5.74) is 8.18. The molecule has 2 atom stereocenters. The van der Waals surface area contributed by atoms with Gasteiger partial charge in [0, 0.05) is 41.6 Å². The molecule has 4 aromatic carbocycles. The van der Waals surface area contributed by atoms with Gasteiger partial charge in [-0.25, -0.2) is 0 Å². The second kappa shape index (κ2) is 11.0. The van der Waals surface area contributed by atoms with Crippen LogP contribution in [-0.2, 0) is 29.8 Å². The third-order valence-electron chi connectivity index (χ3n) is 9.55. The number of anilines is 1. The highest BCUT2D eigenvalue weighted by molar-refractivity contribution is 6.03. The zero-order valence-electron chi connectivity index (χ0n) is 25.9. The van der Waals surface area contributed by atoms with Crippen LogP contribution >= 0.6 is 0 Å². The molecule has 2 heterocycles. The lowest BCUT2D eigenvalue weighted by Gasteiger charge is -2.29. The fourth-order valence-electron chi connectivity index (χ4n) is 7.31. The molecule has 2 aliphatic heterocycles. The molecule has 0 aromatic heterocycles. The summed E-state index contributed by atoms with van der Waals surface area (Å²) < 4.78 is 43.6. The molecule has 0 spiro atoms. The van der Waals surface area contributed by atoms with E-state index < -0.39 is 17.2 Å². The number of benzene rings is 4. The van der Waals surface area contributed by atoms with Gasteiger partial charge in [-0.05, 0) is 74.6 Å². The van der Waals surface area contributed by atoms with E-state index in [1.54, 1.807) is 6.07 Å². The lowest BCUT2D eigenvalue weighted by molar-refractivity contribution is -0.401. The molecule has 0 fully saturated rings. The van der Waals surface area contributed by atoms with Crippen LogP contribution in [0.15, 0.2) is 121 Å². The van der Waals surface area contributed by atoms with Crippen molar-refractivity contribution in [3.8, 4) is 0 Å². The molecular formula is C39H38F3N2+. The Morgan fingerprint density at radius 2 is 1.39 bits per heavy atom. The van der Waals surface area contributed by atoms with Gasteiger partial charge in [0.15, 0.2) is 5.71 Å². The molecule has 0 radical (unpaired) electrons. The fraction of sp³-hybridized carbons (Fsp3) is 0.256. The van der Waals surface area contributed by atoms with E-state index >= 15 is 0 Å². The zero-order valence-corrected chi connectivity index (χ0v) is 25.9. The van der Waals surface area contributed by atoms with Crippen LogP contribution in [0.3, 0.4) is 0 Å². The SMILES string of the molecule is Cc1ccc2c(c1)C(C)(Cc1ccccc1)C(=CC=CC1=[N+](C)c3ccc(C(F)(F)F)cc3C1(C)Cc1ccccc1)N2C. The van der Waals surface area contributed by atoms with E-state index in [1.807, 2.05) is 48.0 Å². The van der Waals surface area contributed by atoms with E-state index in [0.717, 1.165) is 23.4 Å². The smallest absolute Gasteiger partial charge is 0.347 e. The van der Waals surface area contributed by atoms with Crippen molar-refractivity contribution < 1.29 is 17.7 Å². The Labute approximate surface area is 258 Å². The van der Waals surface area contributed by atoms with Crippen molar-refractivity contribution in [2.24, 2.45) is 0 Å². The summed E-state index contributed by atoms with van der Waals surface area (Å²) in [6, 6.07) is 31.4. The topological polar surface area (TPSA) is 6.25 Å². The molecule has 0 aliphatic carbocycles. The molecule has 2 unspecified atom stereocenters. The first kappa shape index (κ1) is 29.7. The average molecular weight is 592 g/mol. The zero-order chi connectivity index (χ0) is 31.3. The number of nitrogens with zero attached hydrogens (tertiary/aromatic N) is 2. The first-order valence-electron chi connectivity index (χ1n) is 15.1. The number of fused-ring (bicyclic) bond motifs is 2. The van der Waals surface area contributed by atoms with Crippen molar-refractivity contribution in [1.82, 2.24) is 0 Å². The quantitative estimate of drug-likeness (QED) is 0.203. The molecule has 0 bridgehead atoms. The third kappa shape index (κ3) is 5.08. The predicted octanol–water partition coefficient (Wildman–Crippen LogP) is 9.33. The van der Waals surface area contributed by atoms with Crippen molar-refractivity contribution in [3.63, 3.8) is 0 Å². The number of allylic oxidation sites excluding steroid dienone is 4. The van der Waals surface area contributed by atoms with Gasteiger partial charge in [0.25, 0.3) is 0 Å². The number of alkyl halides is 3. The summed E-state index contributed by atoms with van der Waals surface area (Å²) >= 11 is 0. The van der Waals surface area contributed by atoms with Crippen LogP contribution in [0.25, 0.3) is 0 Å². The van der Waals surface area contributed by atoms with Crippen molar-refractivity contribution in [1.29, 1.82) is 0 Å². The van der Waals surface area contributed by atoms with Gasteiger partial charge >= 0.3 is 6.18 Å². The van der Waals surface area contributed by atoms with E-state index in [0.29, 0.717) is 12.0 Å². The molecule has 0 amide bonds. The Hall–Kier alpha value is -4.38. The number of hydrogen-bond donors (Lipinski definition) is 0. The number of aryl methyl sites for hydroxylation is 1. The summed E-state index contributed by atoms with van der Waals surface area (Å²) in [5.74, 6) is 0. The highest BCUT2D eigenvalue weighted by atomic mass is 19.4. The van der Waals surface area contributed by atoms with Crippen LogP contribution in [0.5, 0.6) is 0 Å². The molecule has 44 heavy (non-hydrogen) atoms. The third-order valence-corrected chi connectivity index (χ3v) is 9.55. The summed E-state index contributed by atoms with van der Waals surface area (Å²) in [7, 11) is 4.07. The second-order valence-corrected chi connectivity index (χ2v) is 12.7. The van der Waals surface area contributed by atoms with Crippen molar-refractivity contribution in [2.75, 3.05) is 19.0 Å². The molecular weight excluding hydrogens is 553 g/mol. The molecule has 0 saturated heterocycles. The Kier molecular flexibility index (Phi) is 7.39. The maximum atomic E-state index is 13.9. The van der Waals surface area contributed by atoms with Gasteiger partial charge in [-0.1, -0.05) is 84.4 Å². The van der Waals surface area contributed by atoms with Gasteiger partial charge in [-0.2, -0.15) is 17.7 Å². The molecule has 4 aromatic rings. The van der Waals surface area contributed by atoms with E-state index in [1.165, 1.54) is 40.2 Å². The van der Waals surface area contributed by atoms with Crippen LogP contribution in [0, 0.1) is 6.92 Å². The average Bonchev–Trinajstić information content (AvgIpc) is 3.32. The Bertz CT molecular complexity index is 1800. The highest BCUT2D eigenvalue weighted by Crippen LogP contribution is 2.50. The number of hydrogen-bond acceptors (Lipinski definition) is 1. The van der Waals surface area contributed by atoms with Gasteiger partial charge in [0.2, 0.25) is 5.69 Å².